The summed E-state index contributed by atoms with van der Waals surface area (Å²) >= 11 is 0. The van der Waals surface area contributed by atoms with Crippen LogP contribution in [-0.2, 0) is 28.5 Å². The van der Waals surface area contributed by atoms with Crippen LogP contribution in [0.2, 0.25) is 0 Å². The van der Waals surface area contributed by atoms with Gasteiger partial charge in [-0.2, -0.15) is 0 Å². The summed E-state index contributed by atoms with van der Waals surface area (Å²) in [6, 6.07) is 0. The van der Waals surface area contributed by atoms with Crippen LogP contribution in [0.4, 0.5) is 0 Å². The first kappa shape index (κ1) is 40.1. The Labute approximate surface area is 295 Å². The molecule has 3 heterocycles. The third-order valence-corrected chi connectivity index (χ3v) is 9.24. The third kappa shape index (κ3) is 10.2. The number of carboxylic acid groups (broad SMARTS) is 1. The van der Waals surface area contributed by atoms with E-state index in [4.69, 9.17) is 29.8 Å². The highest BCUT2D eigenvalue weighted by Crippen LogP contribution is 2.37. The van der Waals surface area contributed by atoms with Gasteiger partial charge in [-0.1, -0.05) is 24.6 Å². The van der Waals surface area contributed by atoms with Gasteiger partial charge in [0.05, 0.1) is 36.7 Å². The molecule has 9 unspecified atom stereocenters. The number of nitrogens with two attached hydrogens (primary N) is 1. The Balaban J connectivity index is 1.73. The number of carboxylic acids is 1. The Bertz CT molecular complexity index is 1370. The lowest BCUT2D eigenvalue weighted by Gasteiger charge is -2.42. The van der Waals surface area contributed by atoms with Gasteiger partial charge < -0.3 is 70.6 Å². The Morgan fingerprint density at radius 3 is 2.47 bits per heavy atom. The van der Waals surface area contributed by atoms with Gasteiger partial charge >= 0.3 is 11.9 Å². The molecule has 0 radical (unpaired) electrons. The van der Waals surface area contributed by atoms with Crippen LogP contribution in [0.5, 0.6) is 0 Å². The molecule has 4 rings (SSSR count). The third-order valence-electron chi connectivity index (χ3n) is 9.24. The van der Waals surface area contributed by atoms with Crippen molar-refractivity contribution in [3.63, 3.8) is 0 Å². The number of aliphatic hydroxyl groups excluding tert-OH is 6. The number of guanidine groups is 1. The van der Waals surface area contributed by atoms with E-state index in [-0.39, 0.29) is 61.8 Å². The second-order valence-electron chi connectivity index (χ2n) is 12.8. The summed E-state index contributed by atoms with van der Waals surface area (Å²) in [5, 5.41) is 72.6. The number of quaternary nitrogens is 1. The standard InChI is InChI=1S/C34H50N4O13/c1-2-21-22(10-9-19-15-38(12-14-40)16-23(30(45)46)26(19)37-34(35)36-11-6-13-39)24(31(47)49-20-7-4-3-5-8-20)18-48-32(21)51-33-29(44)28(43)27(42)25(17-41)50-33/h2,9-10,16,18,20-22,25,27-29,32-33,39-44H,1,3-8,11-15,17H2,(H,45,46)(H3,35,36,37)/p+1. The van der Waals surface area contributed by atoms with Crippen molar-refractivity contribution >= 4 is 17.9 Å². The van der Waals surface area contributed by atoms with E-state index in [1.807, 2.05) is 0 Å². The summed E-state index contributed by atoms with van der Waals surface area (Å²) in [5.41, 5.74) is 6.65. The van der Waals surface area contributed by atoms with Crippen LogP contribution in [0, 0.1) is 11.8 Å². The Kier molecular flexibility index (Phi) is 15.2. The Morgan fingerprint density at radius 2 is 1.82 bits per heavy atom. The summed E-state index contributed by atoms with van der Waals surface area (Å²) in [6.45, 7) is 3.51. The molecule has 51 heavy (non-hydrogen) atoms. The zero-order valence-corrected chi connectivity index (χ0v) is 28.4. The number of nitrogens with one attached hydrogen (secondary N) is 2. The molecular weight excluding hydrogens is 672 g/mol. The van der Waals surface area contributed by atoms with Crippen LogP contribution in [0.3, 0.4) is 0 Å². The fourth-order valence-corrected chi connectivity index (χ4v) is 6.45. The van der Waals surface area contributed by atoms with Gasteiger partial charge in [0.2, 0.25) is 6.29 Å². The number of hydrogen-bond donors (Lipinski definition) is 10. The van der Waals surface area contributed by atoms with Crippen molar-refractivity contribution in [2.24, 2.45) is 22.6 Å². The van der Waals surface area contributed by atoms with Gasteiger partial charge in [0, 0.05) is 24.6 Å². The van der Waals surface area contributed by atoms with Crippen LogP contribution < -0.4 is 16.0 Å². The van der Waals surface area contributed by atoms with Gasteiger partial charge in [0.1, 0.15) is 55.4 Å². The molecule has 2 fully saturated rings. The number of carbonyl (C=O) groups excluding carboxylic acids is 1. The van der Waals surface area contributed by atoms with Crippen LogP contribution in [0.15, 0.2) is 64.7 Å². The number of aliphatic carboxylic acids is 1. The molecule has 0 aromatic rings. The largest absolute Gasteiger partial charge is 0.477 e. The van der Waals surface area contributed by atoms with E-state index in [0.717, 1.165) is 19.3 Å². The quantitative estimate of drug-likeness (QED) is 0.0271. The second-order valence-corrected chi connectivity index (χ2v) is 12.8. The number of rotatable bonds is 15. The molecule has 0 aromatic carbocycles. The van der Waals surface area contributed by atoms with Crippen LogP contribution in [0.25, 0.3) is 0 Å². The average molecular weight is 724 g/mol. The van der Waals surface area contributed by atoms with E-state index in [0.29, 0.717) is 29.7 Å². The predicted molar refractivity (Wildman–Crippen MR) is 179 cm³/mol. The van der Waals surface area contributed by atoms with Crippen molar-refractivity contribution in [1.82, 2.24) is 5.32 Å². The Morgan fingerprint density at radius 1 is 1.08 bits per heavy atom. The predicted octanol–water partition coefficient (Wildman–Crippen LogP) is -2.71. The number of carbonyl (C=O) groups is 2. The van der Waals surface area contributed by atoms with Gasteiger partial charge in [0.15, 0.2) is 12.2 Å². The molecule has 0 bridgehead atoms. The lowest BCUT2D eigenvalue weighted by atomic mass is 9.83. The first-order valence-electron chi connectivity index (χ1n) is 17.2. The molecule has 1 saturated heterocycles. The molecule has 1 aliphatic carbocycles. The smallest absolute Gasteiger partial charge is 0.343 e. The summed E-state index contributed by atoms with van der Waals surface area (Å²) in [4.78, 5) is 30.9. The number of aliphatic imine (C=N–C) groups is 1. The minimum absolute atomic E-state index is 0.0817. The van der Waals surface area contributed by atoms with Crippen molar-refractivity contribution in [2.45, 2.75) is 81.6 Å². The fraction of sp³-hybridized carbons (Fsp3) is 0.618. The maximum atomic E-state index is 13.7. The molecule has 9 atom stereocenters. The van der Waals surface area contributed by atoms with Crippen molar-refractivity contribution in [2.75, 3.05) is 39.5 Å². The molecule has 0 aromatic heterocycles. The highest BCUT2D eigenvalue weighted by molar-refractivity contribution is 5.94. The van der Waals surface area contributed by atoms with E-state index < -0.39 is 67.4 Å². The summed E-state index contributed by atoms with van der Waals surface area (Å²) in [7, 11) is 0. The number of aliphatic hydroxyl groups is 6. The maximum Gasteiger partial charge on any atom is 0.343 e. The number of ether oxygens (including phenoxy) is 4. The number of hydrogen-bond acceptors (Lipinski definition) is 13. The van der Waals surface area contributed by atoms with Crippen molar-refractivity contribution in [1.29, 1.82) is 0 Å². The van der Waals surface area contributed by atoms with Gasteiger partial charge in [-0.25, -0.2) is 9.59 Å². The summed E-state index contributed by atoms with van der Waals surface area (Å²) < 4.78 is 23.2. The summed E-state index contributed by atoms with van der Waals surface area (Å²) in [5.74, 6) is -3.69. The highest BCUT2D eigenvalue weighted by atomic mass is 16.8. The first-order valence-corrected chi connectivity index (χ1v) is 17.2. The molecule has 4 aliphatic rings. The SMILES string of the molecule is C=CC1C(OC2OC(CO)C(O)C(O)C2O)OC=C(C(=O)OC2CCCCC2)C1C=CC1=C(NC(N)=NCCCO)C(C(=O)O)=C[NH+](CCO)C1. The van der Waals surface area contributed by atoms with Crippen molar-refractivity contribution in [3.05, 3.63) is 59.7 Å². The normalized spacial score (nSPS) is 32.2. The second kappa shape index (κ2) is 19.3. The monoisotopic (exact) mass is 723 g/mol. The molecule has 1 saturated carbocycles. The molecule has 11 N–H and O–H groups in total. The molecule has 0 amide bonds. The molecule has 17 heteroatoms. The highest BCUT2D eigenvalue weighted by Gasteiger charge is 2.47. The topological polar surface area (TPSA) is 268 Å². The van der Waals surface area contributed by atoms with E-state index in [9.17, 15) is 40.2 Å². The van der Waals surface area contributed by atoms with Crippen LogP contribution in [0.1, 0.15) is 38.5 Å². The van der Waals surface area contributed by atoms with Gasteiger partial charge in [-0.3, -0.25) is 4.99 Å². The van der Waals surface area contributed by atoms with Crippen LogP contribution >= 0.6 is 0 Å². The average Bonchev–Trinajstić information content (AvgIpc) is 3.12. The Hall–Kier alpha value is -3.65. The molecular formula is C34H51N4O13+. The number of allylic oxidation sites excluding steroid dienone is 1. The van der Waals surface area contributed by atoms with Gasteiger partial charge in [-0.15, -0.1) is 6.58 Å². The summed E-state index contributed by atoms with van der Waals surface area (Å²) in [6.07, 6.45) is 2.65. The van der Waals surface area contributed by atoms with Crippen molar-refractivity contribution < 1.29 is 69.2 Å². The van der Waals surface area contributed by atoms with Gasteiger partial charge in [-0.05, 0) is 32.1 Å². The lowest BCUT2D eigenvalue weighted by molar-refractivity contribution is -0.843. The molecule has 284 valence electrons. The molecule has 0 spiro atoms. The lowest BCUT2D eigenvalue weighted by Crippen LogP contribution is -3.09. The van der Waals surface area contributed by atoms with Gasteiger partial charge in [0.25, 0.3) is 0 Å². The van der Waals surface area contributed by atoms with E-state index in [2.05, 4.69) is 16.9 Å². The van der Waals surface area contributed by atoms with Crippen LogP contribution in [-0.4, -0.2) is 136 Å². The fourth-order valence-electron chi connectivity index (χ4n) is 6.45. The number of esters is 1. The molecule has 3 aliphatic heterocycles. The zero-order chi connectivity index (χ0) is 37.1. The minimum atomic E-state index is -1.72. The minimum Gasteiger partial charge on any atom is -0.477 e. The maximum absolute atomic E-state index is 13.7. The van der Waals surface area contributed by atoms with E-state index in [1.165, 1.54) is 18.5 Å². The molecule has 17 nitrogen and oxygen atoms in total. The van der Waals surface area contributed by atoms with Crippen molar-refractivity contribution in [3.8, 4) is 0 Å². The number of nitrogens with zero attached hydrogens (tertiary/aromatic N) is 1. The van der Waals surface area contributed by atoms with E-state index >= 15 is 0 Å². The first-order chi connectivity index (χ1) is 24.5. The zero-order valence-electron chi connectivity index (χ0n) is 28.4. The van der Waals surface area contributed by atoms with E-state index in [1.54, 1.807) is 12.2 Å².